The van der Waals surface area contributed by atoms with Gasteiger partial charge in [-0.05, 0) is 24.6 Å². The predicted molar refractivity (Wildman–Crippen MR) is 94.4 cm³/mol. The minimum Gasteiger partial charge on any atom is -0.494 e. The first-order valence-corrected chi connectivity index (χ1v) is 7.78. The number of methoxy groups -OCH3 is 1. The van der Waals surface area contributed by atoms with Gasteiger partial charge in [-0.15, -0.1) is 0 Å². The second kappa shape index (κ2) is 10.4. The Morgan fingerprint density at radius 3 is 2.04 bits per heavy atom. The van der Waals surface area contributed by atoms with Crippen LogP contribution in [0.1, 0.15) is 33.3 Å². The van der Waals surface area contributed by atoms with Crippen molar-refractivity contribution in [1.29, 1.82) is 0 Å². The summed E-state index contributed by atoms with van der Waals surface area (Å²) in [6, 6.07) is 5.16. The van der Waals surface area contributed by atoms with Crippen LogP contribution in [0.2, 0.25) is 0 Å². The fraction of sp³-hybridized carbons (Fsp3) is 0.333. The van der Waals surface area contributed by atoms with E-state index < -0.39 is 17.5 Å². The zero-order valence-corrected chi connectivity index (χ0v) is 14.9. The maximum absolute atomic E-state index is 13.8. The molecule has 0 aliphatic heterocycles. The average molecular weight is 342 g/mol. The van der Waals surface area contributed by atoms with Crippen LogP contribution in [0.25, 0.3) is 0 Å². The van der Waals surface area contributed by atoms with Crippen molar-refractivity contribution >= 4 is 17.1 Å². The fourth-order valence-electron chi connectivity index (χ4n) is 1.76. The van der Waals surface area contributed by atoms with E-state index in [0.717, 1.165) is 6.07 Å². The maximum atomic E-state index is 13.8. The highest BCUT2D eigenvalue weighted by Gasteiger charge is 2.18. The van der Waals surface area contributed by atoms with Crippen molar-refractivity contribution in [3.63, 3.8) is 0 Å². The smallest absolute Gasteiger partial charge is 0.184 e. The van der Waals surface area contributed by atoms with Crippen molar-refractivity contribution in [1.82, 2.24) is 0 Å². The van der Waals surface area contributed by atoms with Gasteiger partial charge in [-0.3, -0.25) is 0 Å². The highest BCUT2D eigenvalue weighted by molar-refractivity contribution is 5.78. The molecule has 2 aromatic rings. The van der Waals surface area contributed by atoms with Gasteiger partial charge >= 0.3 is 0 Å². The molecular formula is C18H25F3N2O. The molecule has 3 nitrogen and oxygen atoms in total. The molecule has 0 radical (unpaired) electrons. The Bertz CT molecular complexity index is 661. The van der Waals surface area contributed by atoms with Crippen LogP contribution in [0, 0.1) is 24.4 Å². The molecule has 134 valence electrons. The molecule has 24 heavy (non-hydrogen) atoms. The van der Waals surface area contributed by atoms with Crippen molar-refractivity contribution in [2.75, 3.05) is 18.2 Å². The van der Waals surface area contributed by atoms with Gasteiger partial charge < -0.3 is 15.8 Å². The number of rotatable bonds is 3. The van der Waals surface area contributed by atoms with Gasteiger partial charge in [0.05, 0.1) is 12.8 Å². The number of nitrogens with two attached hydrogens (primary N) is 1. The summed E-state index contributed by atoms with van der Waals surface area (Å²) in [4.78, 5) is 0. The van der Waals surface area contributed by atoms with Crippen LogP contribution in [0.15, 0.2) is 24.3 Å². The number of nitrogen functional groups attached to an aromatic ring is 1. The van der Waals surface area contributed by atoms with Gasteiger partial charge in [0, 0.05) is 6.07 Å². The van der Waals surface area contributed by atoms with Gasteiger partial charge in [0.25, 0.3) is 0 Å². The third-order valence-electron chi connectivity index (χ3n) is 2.83. The summed E-state index contributed by atoms with van der Waals surface area (Å²) in [6.07, 6.45) is 0. The molecule has 0 aromatic heterocycles. The highest BCUT2D eigenvalue weighted by atomic mass is 19.2. The van der Waals surface area contributed by atoms with Gasteiger partial charge in [0.1, 0.15) is 22.9 Å². The van der Waals surface area contributed by atoms with Crippen molar-refractivity contribution in [3.8, 4) is 5.75 Å². The topological polar surface area (TPSA) is 47.3 Å². The van der Waals surface area contributed by atoms with Crippen LogP contribution >= 0.6 is 0 Å². The van der Waals surface area contributed by atoms with Crippen LogP contribution in [0.3, 0.4) is 0 Å². The van der Waals surface area contributed by atoms with Gasteiger partial charge in [-0.2, -0.15) is 0 Å². The molecule has 6 heteroatoms. The van der Waals surface area contributed by atoms with E-state index in [0.29, 0.717) is 5.56 Å². The molecule has 0 fully saturated rings. The maximum Gasteiger partial charge on any atom is 0.184 e. The van der Waals surface area contributed by atoms with E-state index in [4.69, 9.17) is 10.5 Å². The van der Waals surface area contributed by atoms with E-state index in [1.807, 2.05) is 27.7 Å². The van der Waals surface area contributed by atoms with Crippen molar-refractivity contribution in [3.05, 3.63) is 47.3 Å². The summed E-state index contributed by atoms with van der Waals surface area (Å²) in [5.74, 6) is -2.94. The molecule has 0 amide bonds. The third-order valence-corrected chi connectivity index (χ3v) is 2.83. The van der Waals surface area contributed by atoms with E-state index >= 15 is 0 Å². The molecule has 3 N–H and O–H groups in total. The lowest BCUT2D eigenvalue weighted by atomic mass is 10.2. The molecule has 0 aliphatic carbocycles. The number of ether oxygens (including phenoxy) is 1. The van der Waals surface area contributed by atoms with Gasteiger partial charge in [-0.25, -0.2) is 13.2 Å². The lowest BCUT2D eigenvalue weighted by Gasteiger charge is -2.14. The minimum absolute atomic E-state index is 0.00569. The minimum atomic E-state index is -1.19. The van der Waals surface area contributed by atoms with Crippen LogP contribution in [-0.2, 0) is 0 Å². The summed E-state index contributed by atoms with van der Waals surface area (Å²) >= 11 is 0. The van der Waals surface area contributed by atoms with E-state index in [-0.39, 0.29) is 22.8 Å². The second-order valence-electron chi connectivity index (χ2n) is 4.27. The molecule has 0 heterocycles. The van der Waals surface area contributed by atoms with Crippen LogP contribution < -0.4 is 15.8 Å². The van der Waals surface area contributed by atoms with Gasteiger partial charge in [0.2, 0.25) is 0 Å². The number of nitrogens with one attached hydrogen (secondary N) is 1. The molecule has 2 rings (SSSR count). The first-order chi connectivity index (χ1) is 11.4. The number of anilines is 3. The Hall–Kier alpha value is -2.37. The zero-order valence-electron chi connectivity index (χ0n) is 14.9. The number of aryl methyl sites for hydroxylation is 1. The van der Waals surface area contributed by atoms with E-state index in [2.05, 4.69) is 5.32 Å². The van der Waals surface area contributed by atoms with Crippen LogP contribution in [0.5, 0.6) is 5.75 Å². The van der Waals surface area contributed by atoms with Crippen LogP contribution in [-0.4, -0.2) is 7.11 Å². The molecule has 0 saturated carbocycles. The molecule has 0 atom stereocenters. The van der Waals surface area contributed by atoms with Gasteiger partial charge in [0.15, 0.2) is 11.6 Å². The Morgan fingerprint density at radius 1 is 0.958 bits per heavy atom. The standard InChI is InChI=1S/C14H13F3N2O.2C2H6/c1-7-3-4-10(8(15)5-7)19-14-12(17)9(16)6-11(20-2)13(14)18;2*1-2/h3-6,19H,18H2,1-2H3;2*1-2H3. The lowest BCUT2D eigenvalue weighted by Crippen LogP contribution is -2.05. The van der Waals surface area contributed by atoms with E-state index in [1.165, 1.54) is 19.2 Å². The third kappa shape index (κ3) is 5.08. The summed E-state index contributed by atoms with van der Waals surface area (Å²) in [7, 11) is 1.28. The number of hydrogen-bond donors (Lipinski definition) is 2. The first-order valence-electron chi connectivity index (χ1n) is 7.78. The monoisotopic (exact) mass is 342 g/mol. The molecule has 0 aliphatic rings. The zero-order chi connectivity index (χ0) is 18.9. The van der Waals surface area contributed by atoms with Crippen molar-refractivity contribution in [2.45, 2.75) is 34.6 Å². The van der Waals surface area contributed by atoms with Gasteiger partial charge in [-0.1, -0.05) is 33.8 Å². The number of benzene rings is 2. The molecular weight excluding hydrogens is 317 g/mol. The summed E-state index contributed by atoms with van der Waals surface area (Å²) in [6.45, 7) is 9.72. The Balaban J connectivity index is 0.00000123. The SMILES string of the molecule is CC.CC.COc1cc(F)c(F)c(Nc2ccc(C)cc2F)c1N. The lowest BCUT2D eigenvalue weighted by molar-refractivity contribution is 0.409. The summed E-state index contributed by atoms with van der Waals surface area (Å²) < 4.78 is 45.8. The Morgan fingerprint density at radius 2 is 1.54 bits per heavy atom. The normalized spacial score (nSPS) is 9.21. The number of hydrogen-bond acceptors (Lipinski definition) is 3. The predicted octanol–water partition coefficient (Wildman–Crippen LogP) is 5.80. The molecule has 0 spiro atoms. The largest absolute Gasteiger partial charge is 0.494 e. The molecule has 2 aromatic carbocycles. The molecule has 0 saturated heterocycles. The summed E-state index contributed by atoms with van der Waals surface area (Å²) in [5.41, 5.74) is 5.89. The first kappa shape index (κ1) is 21.6. The van der Waals surface area contributed by atoms with E-state index in [9.17, 15) is 13.2 Å². The van der Waals surface area contributed by atoms with Crippen molar-refractivity contribution < 1.29 is 17.9 Å². The number of halogens is 3. The Kier molecular flexibility index (Phi) is 9.38. The Labute approximate surface area is 141 Å². The highest BCUT2D eigenvalue weighted by Crippen LogP contribution is 2.36. The van der Waals surface area contributed by atoms with Crippen LogP contribution in [0.4, 0.5) is 30.2 Å². The fourth-order valence-corrected chi connectivity index (χ4v) is 1.76. The average Bonchev–Trinajstić information content (AvgIpc) is 2.60. The quantitative estimate of drug-likeness (QED) is 0.693. The molecule has 0 bridgehead atoms. The second-order valence-corrected chi connectivity index (χ2v) is 4.27. The van der Waals surface area contributed by atoms with E-state index in [1.54, 1.807) is 13.0 Å². The summed E-state index contributed by atoms with van der Waals surface area (Å²) in [5, 5.41) is 2.46. The van der Waals surface area contributed by atoms with Crippen molar-refractivity contribution in [2.24, 2.45) is 0 Å². The molecule has 0 unspecified atom stereocenters.